The third-order valence-electron chi connectivity index (χ3n) is 4.20. The number of methoxy groups -OCH3 is 1. The molecule has 1 aromatic rings. The lowest BCUT2D eigenvalue weighted by Crippen LogP contribution is -2.27. The molecule has 116 valence electrons. The lowest BCUT2D eigenvalue weighted by Gasteiger charge is -2.17. The van der Waals surface area contributed by atoms with Crippen molar-refractivity contribution in [3.8, 4) is 17.2 Å². The van der Waals surface area contributed by atoms with E-state index in [0.29, 0.717) is 17.8 Å². The van der Waals surface area contributed by atoms with Gasteiger partial charge in [-0.3, -0.25) is 0 Å². The molecular weight excluding hydrogens is 270 g/mol. The van der Waals surface area contributed by atoms with Gasteiger partial charge in [-0.25, -0.2) is 0 Å². The number of ether oxygens (including phenoxy) is 4. The predicted molar refractivity (Wildman–Crippen MR) is 79.0 cm³/mol. The molecule has 1 saturated heterocycles. The second-order valence-electron chi connectivity index (χ2n) is 5.53. The van der Waals surface area contributed by atoms with Crippen LogP contribution in [0.25, 0.3) is 0 Å². The molecule has 2 atom stereocenters. The van der Waals surface area contributed by atoms with Crippen molar-refractivity contribution in [3.63, 3.8) is 0 Å². The Balaban J connectivity index is 1.58. The van der Waals surface area contributed by atoms with E-state index in [1.807, 2.05) is 12.1 Å². The van der Waals surface area contributed by atoms with Crippen molar-refractivity contribution in [1.29, 1.82) is 0 Å². The Labute approximate surface area is 125 Å². The molecule has 1 N–H and O–H groups in total. The van der Waals surface area contributed by atoms with Gasteiger partial charge in [0.15, 0.2) is 11.5 Å². The topological polar surface area (TPSA) is 49.0 Å². The van der Waals surface area contributed by atoms with Crippen molar-refractivity contribution in [3.05, 3.63) is 17.7 Å². The van der Waals surface area contributed by atoms with Gasteiger partial charge < -0.3 is 24.3 Å². The van der Waals surface area contributed by atoms with E-state index in [-0.39, 0.29) is 6.79 Å². The fourth-order valence-electron chi connectivity index (χ4n) is 3.07. The van der Waals surface area contributed by atoms with Crippen LogP contribution in [0.15, 0.2) is 12.1 Å². The highest BCUT2D eigenvalue weighted by Crippen LogP contribution is 2.41. The predicted octanol–water partition coefficient (Wildman–Crippen LogP) is 2.33. The maximum atomic E-state index is 5.72. The zero-order valence-corrected chi connectivity index (χ0v) is 12.7. The minimum absolute atomic E-state index is 0.264. The zero-order chi connectivity index (χ0) is 14.7. The fraction of sp³-hybridized carbons (Fsp3) is 0.625. The molecule has 2 heterocycles. The summed E-state index contributed by atoms with van der Waals surface area (Å²) in [6, 6.07) is 4.02. The van der Waals surface area contributed by atoms with Gasteiger partial charge in [-0.05, 0) is 36.5 Å². The van der Waals surface area contributed by atoms with Gasteiger partial charge in [-0.1, -0.05) is 6.92 Å². The molecule has 2 aliphatic heterocycles. The summed E-state index contributed by atoms with van der Waals surface area (Å²) in [6.45, 7) is 5.11. The molecule has 2 unspecified atom stereocenters. The average molecular weight is 293 g/mol. The number of rotatable bonds is 6. The first-order valence-corrected chi connectivity index (χ1v) is 7.60. The summed E-state index contributed by atoms with van der Waals surface area (Å²) in [5.74, 6) is 2.82. The first kappa shape index (κ1) is 14.5. The third-order valence-corrected chi connectivity index (χ3v) is 4.20. The van der Waals surface area contributed by atoms with E-state index >= 15 is 0 Å². The van der Waals surface area contributed by atoms with Crippen molar-refractivity contribution >= 4 is 0 Å². The average Bonchev–Trinajstić information content (AvgIpc) is 3.14. The Morgan fingerprint density at radius 3 is 3.05 bits per heavy atom. The molecule has 0 spiro atoms. The van der Waals surface area contributed by atoms with E-state index in [9.17, 15) is 0 Å². The summed E-state index contributed by atoms with van der Waals surface area (Å²) in [5.41, 5.74) is 1.14. The van der Waals surface area contributed by atoms with Gasteiger partial charge in [0.1, 0.15) is 0 Å². The Kier molecular flexibility index (Phi) is 4.51. The van der Waals surface area contributed by atoms with Crippen LogP contribution in [0.2, 0.25) is 0 Å². The Hall–Kier alpha value is -1.46. The third kappa shape index (κ3) is 3.09. The standard InChI is InChI=1S/C16H23NO4/c1-3-13-12(4-5-19-13)9-17-8-11-6-14(18-2)16-15(7-11)20-10-21-16/h6-7,12-13,17H,3-5,8-10H2,1-2H3. The zero-order valence-electron chi connectivity index (χ0n) is 12.7. The first-order chi connectivity index (χ1) is 10.3. The second kappa shape index (κ2) is 6.54. The normalized spacial score (nSPS) is 23.5. The smallest absolute Gasteiger partial charge is 0.231 e. The van der Waals surface area contributed by atoms with Gasteiger partial charge in [-0.15, -0.1) is 0 Å². The molecule has 0 aliphatic carbocycles. The van der Waals surface area contributed by atoms with Crippen LogP contribution in [-0.4, -0.2) is 33.2 Å². The molecule has 1 aromatic carbocycles. The molecule has 5 heteroatoms. The number of fused-ring (bicyclic) bond motifs is 1. The van der Waals surface area contributed by atoms with E-state index < -0.39 is 0 Å². The summed E-state index contributed by atoms with van der Waals surface area (Å²) >= 11 is 0. The van der Waals surface area contributed by atoms with E-state index in [1.54, 1.807) is 7.11 Å². The summed E-state index contributed by atoms with van der Waals surface area (Å²) in [7, 11) is 1.65. The van der Waals surface area contributed by atoms with E-state index in [1.165, 1.54) is 0 Å². The van der Waals surface area contributed by atoms with Crippen LogP contribution < -0.4 is 19.5 Å². The van der Waals surface area contributed by atoms with Crippen molar-refractivity contribution in [1.82, 2.24) is 5.32 Å². The quantitative estimate of drug-likeness (QED) is 0.872. The Bertz CT molecular complexity index is 491. The number of hydrogen-bond donors (Lipinski definition) is 1. The number of hydrogen-bond acceptors (Lipinski definition) is 5. The van der Waals surface area contributed by atoms with E-state index in [0.717, 1.165) is 49.6 Å². The minimum Gasteiger partial charge on any atom is -0.493 e. The van der Waals surface area contributed by atoms with Gasteiger partial charge in [0, 0.05) is 19.7 Å². The van der Waals surface area contributed by atoms with E-state index in [2.05, 4.69) is 12.2 Å². The lowest BCUT2D eigenvalue weighted by molar-refractivity contribution is 0.0872. The van der Waals surface area contributed by atoms with Crippen LogP contribution in [0.3, 0.4) is 0 Å². The minimum atomic E-state index is 0.264. The maximum Gasteiger partial charge on any atom is 0.231 e. The molecule has 0 saturated carbocycles. The molecule has 1 fully saturated rings. The van der Waals surface area contributed by atoms with E-state index in [4.69, 9.17) is 18.9 Å². The molecule has 0 bridgehead atoms. The number of benzene rings is 1. The van der Waals surface area contributed by atoms with Crippen LogP contribution in [0.4, 0.5) is 0 Å². The molecule has 0 aromatic heterocycles. The monoisotopic (exact) mass is 293 g/mol. The molecule has 0 radical (unpaired) electrons. The highest BCUT2D eigenvalue weighted by molar-refractivity contribution is 5.55. The Morgan fingerprint density at radius 2 is 2.24 bits per heavy atom. The van der Waals surface area contributed by atoms with Crippen LogP contribution in [-0.2, 0) is 11.3 Å². The van der Waals surface area contributed by atoms with Gasteiger partial charge in [0.05, 0.1) is 13.2 Å². The van der Waals surface area contributed by atoms with Gasteiger partial charge in [0.2, 0.25) is 12.5 Å². The Morgan fingerprint density at radius 1 is 1.33 bits per heavy atom. The van der Waals surface area contributed by atoms with Crippen LogP contribution >= 0.6 is 0 Å². The highest BCUT2D eigenvalue weighted by atomic mass is 16.7. The largest absolute Gasteiger partial charge is 0.493 e. The SMILES string of the molecule is CCC1OCCC1CNCc1cc(OC)c2c(c1)OCO2. The summed E-state index contributed by atoms with van der Waals surface area (Å²) in [5, 5.41) is 3.52. The molecule has 0 amide bonds. The number of nitrogens with one attached hydrogen (secondary N) is 1. The summed E-state index contributed by atoms with van der Waals surface area (Å²) in [6.07, 6.45) is 2.64. The lowest BCUT2D eigenvalue weighted by atomic mass is 9.99. The first-order valence-electron chi connectivity index (χ1n) is 7.60. The molecule has 5 nitrogen and oxygen atoms in total. The van der Waals surface area contributed by atoms with Crippen molar-refractivity contribution in [2.45, 2.75) is 32.4 Å². The molecule has 2 aliphatic rings. The molecule has 3 rings (SSSR count). The van der Waals surface area contributed by atoms with Crippen molar-refractivity contribution in [2.75, 3.05) is 27.1 Å². The van der Waals surface area contributed by atoms with Gasteiger partial charge >= 0.3 is 0 Å². The fourth-order valence-corrected chi connectivity index (χ4v) is 3.07. The van der Waals surface area contributed by atoms with Crippen LogP contribution in [0, 0.1) is 5.92 Å². The highest BCUT2D eigenvalue weighted by Gasteiger charge is 2.26. The van der Waals surface area contributed by atoms with Crippen LogP contribution in [0.1, 0.15) is 25.3 Å². The van der Waals surface area contributed by atoms with Gasteiger partial charge in [-0.2, -0.15) is 0 Å². The molecular formula is C16H23NO4. The van der Waals surface area contributed by atoms with Crippen molar-refractivity contribution < 1.29 is 18.9 Å². The summed E-state index contributed by atoms with van der Waals surface area (Å²) in [4.78, 5) is 0. The maximum absolute atomic E-state index is 5.72. The van der Waals surface area contributed by atoms with Crippen LogP contribution in [0.5, 0.6) is 17.2 Å². The second-order valence-corrected chi connectivity index (χ2v) is 5.53. The summed E-state index contributed by atoms with van der Waals surface area (Å²) < 4.78 is 21.9. The van der Waals surface area contributed by atoms with Gasteiger partial charge in [0.25, 0.3) is 0 Å². The van der Waals surface area contributed by atoms with Crippen molar-refractivity contribution in [2.24, 2.45) is 5.92 Å². The molecule has 21 heavy (non-hydrogen) atoms.